The number of likely N-dealkylation sites (N-methyl/N-ethyl adjacent to an activating group) is 1. The molecule has 5 amide bonds. The van der Waals surface area contributed by atoms with Gasteiger partial charge in [0.05, 0.1) is 5.02 Å². The third-order valence-corrected chi connectivity index (χ3v) is 8.78. The maximum atomic E-state index is 14.5. The summed E-state index contributed by atoms with van der Waals surface area (Å²) in [5.74, 6) is -4.62. The van der Waals surface area contributed by atoms with Crippen LogP contribution in [-0.2, 0) is 24.0 Å². The van der Waals surface area contributed by atoms with Gasteiger partial charge in [0.15, 0.2) is 11.5 Å². The summed E-state index contributed by atoms with van der Waals surface area (Å²) in [6, 6.07) is -2.79. The molecule has 3 rings (SSSR count). The number of hydrogen-bond donors (Lipinski definition) is 7. The van der Waals surface area contributed by atoms with Crippen LogP contribution >= 0.6 is 11.6 Å². The molecule has 8 N–H and O–H groups in total. The number of carbonyl (C=O) groups excluding carboxylic acids is 5. The van der Waals surface area contributed by atoms with Crippen LogP contribution in [0.5, 0.6) is 11.5 Å². The zero-order valence-electron chi connectivity index (χ0n) is 27.3. The molecular weight excluding hydrogens is 632 g/mol. The van der Waals surface area contributed by atoms with Crippen molar-refractivity contribution in [1.82, 2.24) is 26.2 Å². The fourth-order valence-electron chi connectivity index (χ4n) is 5.29. The third kappa shape index (κ3) is 7.77. The van der Waals surface area contributed by atoms with E-state index < -0.39 is 71.2 Å². The van der Waals surface area contributed by atoms with E-state index in [1.807, 2.05) is 0 Å². The number of primary amides is 1. The van der Waals surface area contributed by atoms with E-state index in [1.165, 1.54) is 44.0 Å². The predicted octanol–water partition coefficient (Wildman–Crippen LogP) is 0.826. The lowest BCUT2D eigenvalue weighted by Crippen LogP contribution is -2.65. The van der Waals surface area contributed by atoms with Crippen LogP contribution in [0.4, 0.5) is 0 Å². The first-order valence-electron chi connectivity index (χ1n) is 15.1. The van der Waals surface area contributed by atoms with E-state index in [2.05, 4.69) is 27.8 Å². The second-order valence-corrected chi connectivity index (χ2v) is 12.2. The number of fused-ring (bicyclic) bond motifs is 2. The minimum Gasteiger partial charge on any atom is -0.503 e. The molecule has 0 unspecified atom stereocenters. The standard InChI is InChI=1S/C32H43ClN6O8/c1-8-16(5)22(27(34)42)37-28(43)19-11-10-12-39(19)31(46)26-32(6,9-2)47-20-14-17(13-18(33)25(20)41)24(40)23(35-7)30(45)36-21(15(3)4)29(44)38-26/h10-11,13-14,19,21,23-24,26,35,40-41H,3,8-9,12H2,1-2,4-7H3,(H2,34,42)(H,36,45)(H,37,43)(H,38,44)/b22-16+/t19-,21-,23-,24-,26+,32+/m0/s1. The Hall–Kier alpha value is -4.40. The SMILES string of the molecule is C=C(C)[C@@H]1NC(=O)[C@@H](NC)[C@@H](O)c2cc(Cl)c(O)c(c2)O[C@](C)(CC)[C@@H](C(=O)N2CC=C[C@H]2C(=O)N/C(C(N)=O)=C(\C)CC)NC1=O. The molecule has 0 spiro atoms. The first kappa shape index (κ1) is 37.1. The van der Waals surface area contributed by atoms with E-state index in [9.17, 15) is 34.2 Å². The number of carbonyl (C=O) groups is 5. The van der Waals surface area contributed by atoms with Gasteiger partial charge >= 0.3 is 0 Å². The Bertz CT molecular complexity index is 1530. The van der Waals surface area contributed by atoms with E-state index in [4.69, 9.17) is 22.1 Å². The van der Waals surface area contributed by atoms with Crippen LogP contribution in [0.1, 0.15) is 59.1 Å². The van der Waals surface area contributed by atoms with Gasteiger partial charge < -0.3 is 46.9 Å². The summed E-state index contributed by atoms with van der Waals surface area (Å²) < 4.78 is 6.29. The molecule has 0 aromatic heterocycles. The number of halogens is 1. The Labute approximate surface area is 278 Å². The van der Waals surface area contributed by atoms with Crippen LogP contribution in [0.25, 0.3) is 0 Å². The van der Waals surface area contributed by atoms with E-state index in [-0.39, 0.29) is 40.6 Å². The van der Waals surface area contributed by atoms with Crippen molar-refractivity contribution in [3.63, 3.8) is 0 Å². The fraction of sp³-hybridized carbons (Fsp3) is 0.469. The molecule has 256 valence electrons. The molecule has 14 nitrogen and oxygen atoms in total. The molecular formula is C32H43ClN6O8. The number of benzene rings is 1. The quantitative estimate of drug-likeness (QED) is 0.153. The molecule has 0 fully saturated rings. The van der Waals surface area contributed by atoms with Crippen LogP contribution in [0.15, 0.2) is 47.7 Å². The van der Waals surface area contributed by atoms with Crippen LogP contribution in [0.3, 0.4) is 0 Å². The van der Waals surface area contributed by atoms with Gasteiger partial charge in [-0.05, 0) is 69.5 Å². The number of nitrogens with one attached hydrogen (secondary N) is 4. The summed E-state index contributed by atoms with van der Waals surface area (Å²) in [6.07, 6.45) is 2.06. The first-order valence-corrected chi connectivity index (χ1v) is 15.5. The molecule has 0 saturated carbocycles. The van der Waals surface area contributed by atoms with Crippen molar-refractivity contribution in [3.05, 3.63) is 58.3 Å². The van der Waals surface area contributed by atoms with Crippen molar-refractivity contribution in [2.75, 3.05) is 13.6 Å². The number of rotatable bonds is 8. The number of aliphatic hydroxyl groups is 1. The lowest BCUT2D eigenvalue weighted by Gasteiger charge is -2.40. The normalized spacial score (nSPS) is 26.8. The molecule has 6 atom stereocenters. The summed E-state index contributed by atoms with van der Waals surface area (Å²) in [6.45, 7) is 11.9. The summed E-state index contributed by atoms with van der Waals surface area (Å²) in [4.78, 5) is 68.4. The Morgan fingerprint density at radius 2 is 1.85 bits per heavy atom. The molecule has 0 saturated heterocycles. The molecule has 2 bridgehead atoms. The molecule has 2 aliphatic rings. The second-order valence-electron chi connectivity index (χ2n) is 11.8. The fourth-order valence-corrected chi connectivity index (χ4v) is 5.51. The highest BCUT2D eigenvalue weighted by molar-refractivity contribution is 6.32. The Kier molecular flexibility index (Phi) is 11.8. The summed E-state index contributed by atoms with van der Waals surface area (Å²) in [5, 5.41) is 32.4. The summed E-state index contributed by atoms with van der Waals surface area (Å²) >= 11 is 6.32. The van der Waals surface area contributed by atoms with Gasteiger partial charge in [0.2, 0.25) is 11.8 Å². The third-order valence-electron chi connectivity index (χ3n) is 8.49. The van der Waals surface area contributed by atoms with E-state index in [0.717, 1.165) is 0 Å². The Balaban J connectivity index is 2.16. The van der Waals surface area contributed by atoms with Gasteiger partial charge in [-0.3, -0.25) is 24.0 Å². The maximum absolute atomic E-state index is 14.5. The zero-order chi connectivity index (χ0) is 35.4. The highest BCUT2D eigenvalue weighted by atomic mass is 35.5. The van der Waals surface area contributed by atoms with Gasteiger partial charge in [0.1, 0.15) is 41.6 Å². The molecule has 2 heterocycles. The van der Waals surface area contributed by atoms with E-state index in [1.54, 1.807) is 26.8 Å². The average Bonchev–Trinajstić information content (AvgIpc) is 3.52. The lowest BCUT2D eigenvalue weighted by atomic mass is 9.90. The number of nitrogens with zero attached hydrogens (tertiary/aromatic N) is 1. The molecule has 0 aliphatic carbocycles. The van der Waals surface area contributed by atoms with Crippen LogP contribution < -0.4 is 31.7 Å². The molecule has 1 aromatic rings. The van der Waals surface area contributed by atoms with Gasteiger partial charge in [-0.2, -0.15) is 0 Å². The van der Waals surface area contributed by atoms with Crippen LogP contribution in [0.2, 0.25) is 5.02 Å². The van der Waals surface area contributed by atoms with Gasteiger partial charge in [-0.1, -0.05) is 44.2 Å². The van der Waals surface area contributed by atoms with Gasteiger partial charge in [-0.15, -0.1) is 0 Å². The Morgan fingerprint density at radius 3 is 2.40 bits per heavy atom. The van der Waals surface area contributed by atoms with E-state index >= 15 is 0 Å². The summed E-state index contributed by atoms with van der Waals surface area (Å²) in [7, 11) is 1.44. The maximum Gasteiger partial charge on any atom is 0.265 e. The minimum absolute atomic E-state index is 0.0330. The van der Waals surface area contributed by atoms with Crippen molar-refractivity contribution in [3.8, 4) is 11.5 Å². The lowest BCUT2D eigenvalue weighted by molar-refractivity contribution is -0.146. The molecule has 2 aliphatic heterocycles. The smallest absolute Gasteiger partial charge is 0.265 e. The van der Waals surface area contributed by atoms with Crippen LogP contribution in [0, 0.1) is 0 Å². The number of amides is 5. The van der Waals surface area contributed by atoms with Gasteiger partial charge in [0.25, 0.3) is 17.7 Å². The van der Waals surface area contributed by atoms with E-state index in [0.29, 0.717) is 12.0 Å². The van der Waals surface area contributed by atoms with Crippen molar-refractivity contribution < 1.29 is 38.9 Å². The minimum atomic E-state index is -1.61. The Morgan fingerprint density at radius 1 is 1.19 bits per heavy atom. The zero-order valence-corrected chi connectivity index (χ0v) is 28.0. The summed E-state index contributed by atoms with van der Waals surface area (Å²) in [5.41, 5.74) is 4.66. The number of hydrogen-bond acceptors (Lipinski definition) is 9. The second kappa shape index (κ2) is 15.0. The van der Waals surface area contributed by atoms with Crippen molar-refractivity contribution in [2.45, 2.75) is 83.3 Å². The van der Waals surface area contributed by atoms with Crippen molar-refractivity contribution in [2.24, 2.45) is 5.73 Å². The van der Waals surface area contributed by atoms with Gasteiger partial charge in [-0.25, -0.2) is 0 Å². The molecule has 47 heavy (non-hydrogen) atoms. The topological polar surface area (TPSA) is 212 Å². The van der Waals surface area contributed by atoms with Crippen molar-refractivity contribution in [1.29, 1.82) is 0 Å². The monoisotopic (exact) mass is 674 g/mol. The number of nitrogens with two attached hydrogens (primary N) is 1. The molecule has 15 heteroatoms. The molecule has 0 radical (unpaired) electrons. The first-order chi connectivity index (χ1) is 22.0. The number of phenols is 1. The average molecular weight is 675 g/mol. The largest absolute Gasteiger partial charge is 0.503 e. The van der Waals surface area contributed by atoms with Crippen molar-refractivity contribution >= 4 is 41.1 Å². The number of allylic oxidation sites excluding steroid dienone is 1. The number of aromatic hydroxyl groups is 1. The highest BCUT2D eigenvalue weighted by Gasteiger charge is 2.47. The van der Waals surface area contributed by atoms with Crippen LogP contribution in [-0.4, -0.2) is 88.0 Å². The number of aliphatic hydroxyl groups excluding tert-OH is 1. The van der Waals surface area contributed by atoms with Gasteiger partial charge in [0, 0.05) is 6.54 Å². The predicted molar refractivity (Wildman–Crippen MR) is 174 cm³/mol. The highest BCUT2D eigenvalue weighted by Crippen LogP contribution is 2.41. The number of phenolic OH excluding ortho intramolecular Hbond substituents is 1. The molecule has 1 aromatic carbocycles. The number of ether oxygens (including phenoxy) is 1.